The molecule has 0 heterocycles. The molecular formula is C31H42F2O4. The highest BCUT2D eigenvalue weighted by atomic mass is 19.1. The van der Waals surface area contributed by atoms with Crippen molar-refractivity contribution in [1.82, 2.24) is 0 Å². The van der Waals surface area contributed by atoms with Gasteiger partial charge in [-0.1, -0.05) is 103 Å². The van der Waals surface area contributed by atoms with Gasteiger partial charge in [0, 0.05) is 5.56 Å². The molecule has 0 bridgehead atoms. The molecule has 0 atom stereocenters. The van der Waals surface area contributed by atoms with Crippen LogP contribution in [0.1, 0.15) is 123 Å². The van der Waals surface area contributed by atoms with Crippen LogP contribution >= 0.6 is 0 Å². The number of hydrogen-bond acceptors (Lipinski definition) is 4. The number of carbonyl (C=O) groups is 2. The minimum Gasteiger partial charge on any atom is -0.462 e. The lowest BCUT2D eigenvalue weighted by molar-refractivity contribution is 0.0433. The molecular weight excluding hydrogens is 474 g/mol. The lowest BCUT2D eigenvalue weighted by atomic mass is 10.0. The molecule has 2 rings (SSSR count). The van der Waals surface area contributed by atoms with E-state index in [4.69, 9.17) is 9.47 Å². The molecule has 0 aliphatic heterocycles. The van der Waals surface area contributed by atoms with Gasteiger partial charge in [-0.3, -0.25) is 0 Å². The van der Waals surface area contributed by atoms with Crippen LogP contribution in [0.3, 0.4) is 0 Å². The van der Waals surface area contributed by atoms with Crippen molar-refractivity contribution >= 4 is 11.9 Å². The van der Waals surface area contributed by atoms with E-state index in [0.717, 1.165) is 37.5 Å². The Morgan fingerprint density at radius 3 is 1.68 bits per heavy atom. The summed E-state index contributed by atoms with van der Waals surface area (Å²) in [6.45, 7) is 2.10. The first kappa shape index (κ1) is 30.5. The average Bonchev–Trinajstić information content (AvgIpc) is 2.91. The first-order valence-electron chi connectivity index (χ1n) is 13.9. The zero-order valence-electron chi connectivity index (χ0n) is 22.2. The molecule has 0 aromatic heterocycles. The van der Waals surface area contributed by atoms with E-state index < -0.39 is 30.2 Å². The van der Waals surface area contributed by atoms with Gasteiger partial charge in [0.15, 0.2) is 0 Å². The third kappa shape index (κ3) is 12.4. The Labute approximate surface area is 220 Å². The van der Waals surface area contributed by atoms with Crippen molar-refractivity contribution < 1.29 is 27.8 Å². The summed E-state index contributed by atoms with van der Waals surface area (Å²) >= 11 is 0. The largest absolute Gasteiger partial charge is 0.462 e. The third-order valence-corrected chi connectivity index (χ3v) is 6.46. The van der Waals surface area contributed by atoms with Crippen molar-refractivity contribution in [2.24, 2.45) is 0 Å². The maximum absolute atomic E-state index is 13.8. The Balaban J connectivity index is 1.59. The van der Waals surface area contributed by atoms with E-state index in [2.05, 4.69) is 6.92 Å². The summed E-state index contributed by atoms with van der Waals surface area (Å²) in [5.74, 6) is -2.69. The summed E-state index contributed by atoms with van der Waals surface area (Å²) in [7, 11) is 0. The number of esters is 2. The molecule has 2 aromatic carbocycles. The van der Waals surface area contributed by atoms with Gasteiger partial charge in [0.1, 0.15) is 18.2 Å². The van der Waals surface area contributed by atoms with Crippen LogP contribution in [-0.4, -0.2) is 18.5 Å². The van der Waals surface area contributed by atoms with Crippen molar-refractivity contribution in [2.75, 3.05) is 6.61 Å². The topological polar surface area (TPSA) is 52.6 Å². The summed E-state index contributed by atoms with van der Waals surface area (Å²) in [5, 5.41) is 0. The lowest BCUT2D eigenvalue weighted by Gasteiger charge is -2.10. The molecule has 0 N–H and O–H groups in total. The fourth-order valence-corrected chi connectivity index (χ4v) is 4.25. The quantitative estimate of drug-likeness (QED) is 0.138. The van der Waals surface area contributed by atoms with Crippen LogP contribution in [0.15, 0.2) is 42.5 Å². The molecule has 0 fully saturated rings. The van der Waals surface area contributed by atoms with Gasteiger partial charge < -0.3 is 9.47 Å². The molecule has 0 saturated carbocycles. The Kier molecular flexibility index (Phi) is 15.2. The molecule has 0 spiro atoms. The highest BCUT2D eigenvalue weighted by molar-refractivity contribution is 6.03. The standard InChI is InChI=1S/C31H42F2O4/c1-2-3-4-5-6-7-8-9-10-11-12-13-14-17-22-36-30(34)27-18-15-16-19-28(27)31(35)37-24-25-23-26(32)20-21-29(25)33/h15-16,18-21,23H,2-14,17,22,24H2,1H3. The number of unbranched alkanes of at least 4 members (excludes halogenated alkanes) is 13. The normalized spacial score (nSPS) is 10.9. The average molecular weight is 517 g/mol. The molecule has 204 valence electrons. The van der Waals surface area contributed by atoms with E-state index in [0.29, 0.717) is 0 Å². The Morgan fingerprint density at radius 2 is 1.14 bits per heavy atom. The van der Waals surface area contributed by atoms with E-state index >= 15 is 0 Å². The molecule has 2 aromatic rings. The molecule has 0 amide bonds. The number of carbonyl (C=O) groups excluding carboxylic acids is 2. The van der Waals surface area contributed by atoms with Crippen molar-refractivity contribution in [1.29, 1.82) is 0 Å². The minimum absolute atomic E-state index is 0.0327. The van der Waals surface area contributed by atoms with Gasteiger partial charge >= 0.3 is 11.9 Å². The summed E-state index contributed by atoms with van der Waals surface area (Å²) in [4.78, 5) is 25.0. The van der Waals surface area contributed by atoms with Crippen LogP contribution in [0, 0.1) is 11.6 Å². The first-order valence-corrected chi connectivity index (χ1v) is 13.9. The number of rotatable bonds is 19. The predicted octanol–water partition coefficient (Wildman–Crippen LogP) is 8.96. The van der Waals surface area contributed by atoms with Gasteiger partial charge in [-0.25, -0.2) is 18.4 Å². The summed E-state index contributed by atoms with van der Waals surface area (Å²) in [6.07, 6.45) is 17.5. The number of hydrogen-bond donors (Lipinski definition) is 0. The second-order valence-corrected chi connectivity index (χ2v) is 9.59. The van der Waals surface area contributed by atoms with Gasteiger partial charge in [-0.05, 0) is 36.8 Å². The van der Waals surface area contributed by atoms with E-state index in [-0.39, 0.29) is 23.3 Å². The second kappa shape index (κ2) is 18.5. The zero-order chi connectivity index (χ0) is 26.7. The molecule has 0 unspecified atom stereocenters. The molecule has 0 saturated heterocycles. The molecule has 0 radical (unpaired) electrons. The van der Waals surface area contributed by atoms with E-state index in [1.54, 1.807) is 12.1 Å². The lowest BCUT2D eigenvalue weighted by Crippen LogP contribution is -2.14. The number of ether oxygens (including phenoxy) is 2. The summed E-state index contributed by atoms with van der Waals surface area (Å²) in [5.41, 5.74) is 0.0501. The molecule has 0 aliphatic rings. The Bertz CT molecular complexity index is 945. The van der Waals surface area contributed by atoms with Gasteiger partial charge in [-0.15, -0.1) is 0 Å². The third-order valence-electron chi connectivity index (χ3n) is 6.46. The summed E-state index contributed by atoms with van der Waals surface area (Å²) in [6, 6.07) is 9.11. The zero-order valence-corrected chi connectivity index (χ0v) is 22.2. The van der Waals surface area contributed by atoms with Crippen LogP contribution in [0.2, 0.25) is 0 Å². The highest BCUT2D eigenvalue weighted by Crippen LogP contribution is 2.17. The van der Waals surface area contributed by atoms with Crippen LogP contribution < -0.4 is 0 Å². The fraction of sp³-hybridized carbons (Fsp3) is 0.548. The maximum Gasteiger partial charge on any atom is 0.339 e. The highest BCUT2D eigenvalue weighted by Gasteiger charge is 2.19. The summed E-state index contributed by atoms with van der Waals surface area (Å²) < 4.78 is 37.6. The van der Waals surface area contributed by atoms with Gasteiger partial charge in [-0.2, -0.15) is 0 Å². The van der Waals surface area contributed by atoms with Crippen LogP contribution in [0.25, 0.3) is 0 Å². The monoisotopic (exact) mass is 516 g/mol. The van der Waals surface area contributed by atoms with E-state index in [1.165, 1.54) is 82.8 Å². The van der Waals surface area contributed by atoms with Crippen molar-refractivity contribution in [3.05, 3.63) is 70.8 Å². The minimum atomic E-state index is -0.798. The smallest absolute Gasteiger partial charge is 0.339 e. The Hall–Kier alpha value is -2.76. The Morgan fingerprint density at radius 1 is 0.649 bits per heavy atom. The molecule has 0 aliphatic carbocycles. The first-order chi connectivity index (χ1) is 18.0. The predicted molar refractivity (Wildman–Crippen MR) is 143 cm³/mol. The van der Waals surface area contributed by atoms with Crippen molar-refractivity contribution in [2.45, 2.75) is 103 Å². The van der Waals surface area contributed by atoms with E-state index in [1.807, 2.05) is 0 Å². The van der Waals surface area contributed by atoms with Crippen LogP contribution in [0.5, 0.6) is 0 Å². The SMILES string of the molecule is CCCCCCCCCCCCCCCCOC(=O)c1ccccc1C(=O)OCc1cc(F)ccc1F. The number of halogens is 2. The maximum atomic E-state index is 13.8. The van der Waals surface area contributed by atoms with Gasteiger partial charge in [0.2, 0.25) is 0 Å². The molecule has 6 heteroatoms. The van der Waals surface area contributed by atoms with Crippen LogP contribution in [-0.2, 0) is 16.1 Å². The van der Waals surface area contributed by atoms with Crippen molar-refractivity contribution in [3.63, 3.8) is 0 Å². The van der Waals surface area contributed by atoms with E-state index in [9.17, 15) is 18.4 Å². The molecule has 4 nitrogen and oxygen atoms in total. The van der Waals surface area contributed by atoms with Gasteiger partial charge in [0.05, 0.1) is 17.7 Å². The fourth-order valence-electron chi connectivity index (χ4n) is 4.25. The molecule has 37 heavy (non-hydrogen) atoms. The van der Waals surface area contributed by atoms with Crippen molar-refractivity contribution in [3.8, 4) is 0 Å². The number of benzene rings is 2. The van der Waals surface area contributed by atoms with Crippen LogP contribution in [0.4, 0.5) is 8.78 Å². The van der Waals surface area contributed by atoms with Gasteiger partial charge in [0.25, 0.3) is 0 Å². The second-order valence-electron chi connectivity index (χ2n) is 9.59.